The molecule has 1 aliphatic rings. The zero-order chi connectivity index (χ0) is 24.7. The number of nitrogens with one attached hydrogen (secondary N) is 1. The van der Waals surface area contributed by atoms with Crippen LogP contribution in [0, 0.1) is 0 Å². The number of nitrogens with zero attached hydrogens (tertiary/aromatic N) is 3. The minimum absolute atomic E-state index is 0.160. The van der Waals surface area contributed by atoms with Crippen molar-refractivity contribution in [1.82, 2.24) is 20.0 Å². The van der Waals surface area contributed by atoms with Crippen LogP contribution in [0.15, 0.2) is 42.5 Å². The molecule has 1 aliphatic heterocycles. The van der Waals surface area contributed by atoms with E-state index in [0.29, 0.717) is 28.9 Å². The maximum atomic E-state index is 12.8. The van der Waals surface area contributed by atoms with Gasteiger partial charge in [-0.2, -0.15) is 0 Å². The van der Waals surface area contributed by atoms with Gasteiger partial charge >= 0.3 is 0 Å². The summed E-state index contributed by atoms with van der Waals surface area (Å²) in [5, 5.41) is 4.15. The molecule has 0 radical (unpaired) electrons. The summed E-state index contributed by atoms with van der Waals surface area (Å²) in [6.45, 7) is 7.15. The van der Waals surface area contributed by atoms with E-state index in [1.54, 1.807) is 32.3 Å². The van der Waals surface area contributed by atoms with Crippen molar-refractivity contribution in [2.24, 2.45) is 0 Å². The monoisotopic (exact) mass is 506 g/mol. The number of hydrogen-bond acceptors (Lipinski definition) is 5. The van der Waals surface area contributed by atoms with E-state index >= 15 is 0 Å². The van der Waals surface area contributed by atoms with Crippen LogP contribution in [0.2, 0.25) is 10.0 Å². The molecule has 0 aliphatic carbocycles. The first-order valence-corrected chi connectivity index (χ1v) is 12.1. The largest absolute Gasteiger partial charge is 0.483 e. The van der Waals surface area contributed by atoms with Gasteiger partial charge in [0.05, 0.1) is 5.56 Å². The molecule has 0 bridgehead atoms. The van der Waals surface area contributed by atoms with Crippen molar-refractivity contribution in [1.29, 1.82) is 0 Å². The molecular formula is C25H32Cl2N4O3. The van der Waals surface area contributed by atoms with Gasteiger partial charge in [-0.3, -0.25) is 19.4 Å². The standard InChI is InChI=1S/C25H32Cl2N4O3/c1-18(19-4-6-20(26)7-5-19)31-14-12-30(13-15-31)11-10-28-25(33)22-9-8-21(27)16-23(22)34-17-24(32)29(2)3/h4-9,16,18H,10-15,17H2,1-3H3,(H,28,33). The van der Waals surface area contributed by atoms with E-state index in [1.807, 2.05) is 12.1 Å². The molecule has 2 amide bonds. The summed E-state index contributed by atoms with van der Waals surface area (Å²) in [4.78, 5) is 30.8. The second kappa shape index (κ2) is 12.4. The molecule has 2 aromatic carbocycles. The van der Waals surface area contributed by atoms with Gasteiger partial charge in [-0.05, 0) is 42.8 Å². The van der Waals surface area contributed by atoms with E-state index in [0.717, 1.165) is 37.7 Å². The lowest BCUT2D eigenvalue weighted by Crippen LogP contribution is -2.49. The van der Waals surface area contributed by atoms with Crippen LogP contribution < -0.4 is 10.1 Å². The molecule has 0 aromatic heterocycles. The van der Waals surface area contributed by atoms with Gasteiger partial charge in [0.15, 0.2) is 6.61 Å². The Balaban J connectivity index is 1.46. The zero-order valence-electron chi connectivity index (χ0n) is 19.9. The normalized spacial score (nSPS) is 15.6. The van der Waals surface area contributed by atoms with Gasteiger partial charge < -0.3 is 15.0 Å². The lowest BCUT2D eigenvalue weighted by Gasteiger charge is -2.38. The number of benzene rings is 2. The summed E-state index contributed by atoms with van der Waals surface area (Å²) in [6, 6.07) is 13.2. The summed E-state index contributed by atoms with van der Waals surface area (Å²) in [6.07, 6.45) is 0. The van der Waals surface area contributed by atoms with Crippen LogP contribution in [-0.2, 0) is 4.79 Å². The molecule has 9 heteroatoms. The molecule has 1 fully saturated rings. The first-order valence-electron chi connectivity index (χ1n) is 11.4. The number of ether oxygens (including phenoxy) is 1. The summed E-state index contributed by atoms with van der Waals surface area (Å²) >= 11 is 12.1. The molecule has 1 atom stereocenters. The van der Waals surface area contributed by atoms with E-state index in [9.17, 15) is 9.59 Å². The highest BCUT2D eigenvalue weighted by Gasteiger charge is 2.22. The molecule has 0 saturated carbocycles. The number of amides is 2. The molecule has 1 heterocycles. The minimum Gasteiger partial charge on any atom is -0.483 e. The van der Waals surface area contributed by atoms with Crippen LogP contribution in [0.5, 0.6) is 5.75 Å². The summed E-state index contributed by atoms with van der Waals surface area (Å²) in [5.74, 6) is -0.153. The Morgan fingerprint density at radius 2 is 1.68 bits per heavy atom. The van der Waals surface area contributed by atoms with E-state index in [2.05, 4.69) is 34.2 Å². The Morgan fingerprint density at radius 3 is 2.32 bits per heavy atom. The average molecular weight is 507 g/mol. The second-order valence-electron chi connectivity index (χ2n) is 8.58. The number of hydrogen-bond donors (Lipinski definition) is 1. The fourth-order valence-electron chi connectivity index (χ4n) is 3.82. The molecule has 34 heavy (non-hydrogen) atoms. The van der Waals surface area contributed by atoms with Crippen LogP contribution in [-0.4, -0.2) is 86.5 Å². The maximum Gasteiger partial charge on any atom is 0.259 e. The van der Waals surface area contributed by atoms with Gasteiger partial charge in [-0.15, -0.1) is 0 Å². The molecule has 0 spiro atoms. The van der Waals surface area contributed by atoms with Gasteiger partial charge in [0, 0.05) is 69.5 Å². The van der Waals surface area contributed by atoms with Crippen LogP contribution in [0.4, 0.5) is 0 Å². The first-order chi connectivity index (χ1) is 16.2. The molecule has 7 nitrogen and oxygen atoms in total. The number of likely N-dealkylation sites (N-methyl/N-ethyl adjacent to an activating group) is 1. The Labute approximate surface area is 211 Å². The van der Waals surface area contributed by atoms with Gasteiger partial charge in [0.2, 0.25) is 0 Å². The Kier molecular flexibility index (Phi) is 9.59. The van der Waals surface area contributed by atoms with Gasteiger partial charge in [0.1, 0.15) is 5.75 Å². The third-order valence-corrected chi connectivity index (χ3v) is 6.55. The van der Waals surface area contributed by atoms with E-state index in [1.165, 1.54) is 10.5 Å². The molecule has 3 rings (SSSR count). The van der Waals surface area contributed by atoms with Crippen molar-refractivity contribution in [2.45, 2.75) is 13.0 Å². The molecule has 184 valence electrons. The highest BCUT2D eigenvalue weighted by molar-refractivity contribution is 6.31. The summed E-state index contributed by atoms with van der Waals surface area (Å²) < 4.78 is 5.58. The van der Waals surface area contributed by atoms with Crippen molar-refractivity contribution >= 4 is 35.0 Å². The lowest BCUT2D eigenvalue weighted by molar-refractivity contribution is -0.130. The first kappa shape index (κ1) is 26.3. The van der Waals surface area contributed by atoms with Gasteiger partial charge in [0.25, 0.3) is 11.8 Å². The predicted molar refractivity (Wildman–Crippen MR) is 136 cm³/mol. The van der Waals surface area contributed by atoms with Crippen LogP contribution >= 0.6 is 23.2 Å². The summed E-state index contributed by atoms with van der Waals surface area (Å²) in [7, 11) is 3.30. The number of carbonyl (C=O) groups excluding carboxylic acids is 2. The maximum absolute atomic E-state index is 12.8. The van der Waals surface area contributed by atoms with Gasteiger partial charge in [-0.1, -0.05) is 35.3 Å². The van der Waals surface area contributed by atoms with Crippen molar-refractivity contribution < 1.29 is 14.3 Å². The Bertz CT molecular complexity index is 977. The average Bonchev–Trinajstić information content (AvgIpc) is 2.83. The van der Waals surface area contributed by atoms with Crippen LogP contribution in [0.3, 0.4) is 0 Å². The molecule has 2 aromatic rings. The molecule has 1 saturated heterocycles. The highest BCUT2D eigenvalue weighted by Crippen LogP contribution is 2.24. The zero-order valence-corrected chi connectivity index (χ0v) is 21.4. The fraction of sp³-hybridized carbons (Fsp3) is 0.440. The van der Waals surface area contributed by atoms with Crippen molar-refractivity contribution in [2.75, 3.05) is 60.0 Å². The third-order valence-electron chi connectivity index (χ3n) is 6.06. The smallest absolute Gasteiger partial charge is 0.259 e. The van der Waals surface area contributed by atoms with Crippen LogP contribution in [0.25, 0.3) is 0 Å². The Hall–Kier alpha value is -2.32. The van der Waals surface area contributed by atoms with Crippen LogP contribution in [0.1, 0.15) is 28.9 Å². The number of carbonyl (C=O) groups is 2. The molecular weight excluding hydrogens is 475 g/mol. The topological polar surface area (TPSA) is 65.1 Å². The third kappa shape index (κ3) is 7.34. The number of halogens is 2. The Morgan fingerprint density at radius 1 is 1.03 bits per heavy atom. The van der Waals surface area contributed by atoms with E-state index in [4.69, 9.17) is 27.9 Å². The lowest BCUT2D eigenvalue weighted by atomic mass is 10.1. The van der Waals surface area contributed by atoms with Crippen molar-refractivity contribution in [3.63, 3.8) is 0 Å². The fourth-order valence-corrected chi connectivity index (χ4v) is 4.11. The number of rotatable bonds is 9. The van der Waals surface area contributed by atoms with Gasteiger partial charge in [-0.25, -0.2) is 0 Å². The quantitative estimate of drug-likeness (QED) is 0.563. The van der Waals surface area contributed by atoms with Crippen molar-refractivity contribution in [3.8, 4) is 5.75 Å². The predicted octanol–water partition coefficient (Wildman–Crippen LogP) is 3.57. The second-order valence-corrected chi connectivity index (χ2v) is 9.45. The molecule has 1 unspecified atom stereocenters. The molecule has 1 N–H and O–H groups in total. The SMILES string of the molecule is CC(c1ccc(Cl)cc1)N1CCN(CCNC(=O)c2ccc(Cl)cc2OCC(=O)N(C)C)CC1. The van der Waals surface area contributed by atoms with E-state index in [-0.39, 0.29) is 18.4 Å². The minimum atomic E-state index is -0.251. The highest BCUT2D eigenvalue weighted by atomic mass is 35.5. The number of piperazine rings is 1. The summed E-state index contributed by atoms with van der Waals surface area (Å²) in [5.41, 5.74) is 1.62. The van der Waals surface area contributed by atoms with E-state index < -0.39 is 0 Å². The van der Waals surface area contributed by atoms with Crippen molar-refractivity contribution in [3.05, 3.63) is 63.6 Å².